The van der Waals surface area contributed by atoms with Gasteiger partial charge in [-0.15, -0.1) is 0 Å². The quantitative estimate of drug-likeness (QED) is 0.753. The van der Waals surface area contributed by atoms with Crippen LogP contribution in [-0.2, 0) is 6.54 Å². The van der Waals surface area contributed by atoms with Gasteiger partial charge in [0.2, 0.25) is 0 Å². The van der Waals surface area contributed by atoms with Gasteiger partial charge in [-0.25, -0.2) is 0 Å². The number of piperidine rings is 1. The minimum Gasteiger partial charge on any atom is -0.468 e. The predicted octanol–water partition coefficient (Wildman–Crippen LogP) is 3.29. The molecule has 0 amide bonds. The normalized spacial score (nSPS) is 23.1. The van der Waals surface area contributed by atoms with Crippen molar-refractivity contribution in [2.24, 2.45) is 5.92 Å². The molecule has 1 aromatic rings. The molecule has 15 heavy (non-hydrogen) atoms. The highest BCUT2D eigenvalue weighted by Gasteiger charge is 2.19. The lowest BCUT2D eigenvalue weighted by Gasteiger charge is -2.31. The average Bonchev–Trinajstić information content (AvgIpc) is 2.71. The van der Waals surface area contributed by atoms with E-state index in [9.17, 15) is 0 Å². The molecular weight excluding hydrogens is 186 g/mol. The van der Waals surface area contributed by atoms with Crippen LogP contribution >= 0.6 is 0 Å². The highest BCUT2D eigenvalue weighted by molar-refractivity contribution is 4.98. The minimum absolute atomic E-state index is 0.915. The Morgan fingerprint density at radius 2 is 2.47 bits per heavy atom. The van der Waals surface area contributed by atoms with Gasteiger partial charge in [-0.1, -0.05) is 13.3 Å². The van der Waals surface area contributed by atoms with Gasteiger partial charge in [0, 0.05) is 6.54 Å². The number of hydrogen-bond acceptors (Lipinski definition) is 2. The van der Waals surface area contributed by atoms with Gasteiger partial charge in [0.25, 0.3) is 0 Å². The molecule has 1 saturated heterocycles. The SMILES string of the molecule is CCCC1CCCN(Cc2ccco2)C1. The minimum atomic E-state index is 0.915. The van der Waals surface area contributed by atoms with E-state index < -0.39 is 0 Å². The zero-order valence-electron chi connectivity index (χ0n) is 9.61. The third-order valence-corrected chi connectivity index (χ3v) is 3.26. The number of hydrogen-bond donors (Lipinski definition) is 0. The Morgan fingerprint density at radius 1 is 1.53 bits per heavy atom. The van der Waals surface area contributed by atoms with Gasteiger partial charge in [0.1, 0.15) is 5.76 Å². The molecule has 0 bridgehead atoms. The summed E-state index contributed by atoms with van der Waals surface area (Å²) in [5, 5.41) is 0. The molecule has 1 atom stereocenters. The van der Waals surface area contributed by atoms with Crippen LogP contribution in [0.25, 0.3) is 0 Å². The van der Waals surface area contributed by atoms with Crippen LogP contribution in [0.3, 0.4) is 0 Å². The van der Waals surface area contributed by atoms with E-state index in [0.717, 1.165) is 18.2 Å². The summed E-state index contributed by atoms with van der Waals surface area (Å²) in [5.41, 5.74) is 0. The Bertz CT molecular complexity index is 266. The molecule has 0 saturated carbocycles. The standard InChI is InChI=1S/C13H21NO/c1-2-5-12-6-3-8-14(10-12)11-13-7-4-9-15-13/h4,7,9,12H,2-3,5-6,8,10-11H2,1H3. The van der Waals surface area contributed by atoms with Crippen molar-refractivity contribution in [3.05, 3.63) is 24.2 Å². The van der Waals surface area contributed by atoms with Crippen LogP contribution in [0.15, 0.2) is 22.8 Å². The Labute approximate surface area is 92.3 Å². The molecule has 1 fully saturated rings. The van der Waals surface area contributed by atoms with E-state index in [0.29, 0.717) is 0 Å². The Balaban J connectivity index is 1.82. The zero-order valence-corrected chi connectivity index (χ0v) is 9.61. The lowest BCUT2D eigenvalue weighted by atomic mass is 9.94. The molecule has 0 radical (unpaired) electrons. The third kappa shape index (κ3) is 3.10. The third-order valence-electron chi connectivity index (χ3n) is 3.26. The van der Waals surface area contributed by atoms with Gasteiger partial charge in [-0.05, 0) is 43.9 Å². The summed E-state index contributed by atoms with van der Waals surface area (Å²) in [6.45, 7) is 5.77. The van der Waals surface area contributed by atoms with Gasteiger partial charge in [0.05, 0.1) is 12.8 Å². The first kappa shape index (κ1) is 10.7. The van der Waals surface area contributed by atoms with Gasteiger partial charge in [-0.2, -0.15) is 0 Å². The maximum Gasteiger partial charge on any atom is 0.117 e. The van der Waals surface area contributed by atoms with E-state index in [2.05, 4.69) is 17.9 Å². The summed E-state index contributed by atoms with van der Waals surface area (Å²) in [7, 11) is 0. The molecule has 0 N–H and O–H groups in total. The summed E-state index contributed by atoms with van der Waals surface area (Å²) >= 11 is 0. The fraction of sp³-hybridized carbons (Fsp3) is 0.692. The van der Waals surface area contributed by atoms with Gasteiger partial charge in [0.15, 0.2) is 0 Å². The summed E-state index contributed by atoms with van der Waals surface area (Å²) in [4.78, 5) is 2.53. The van der Waals surface area contributed by atoms with Crippen LogP contribution < -0.4 is 0 Å². The number of nitrogens with zero attached hydrogens (tertiary/aromatic N) is 1. The Morgan fingerprint density at radius 3 is 3.20 bits per heavy atom. The molecule has 0 aromatic carbocycles. The van der Waals surface area contributed by atoms with Gasteiger partial charge >= 0.3 is 0 Å². The van der Waals surface area contributed by atoms with Crippen LogP contribution in [0.2, 0.25) is 0 Å². The van der Waals surface area contributed by atoms with E-state index in [-0.39, 0.29) is 0 Å². The lowest BCUT2D eigenvalue weighted by Crippen LogP contribution is -2.34. The first-order valence-corrected chi connectivity index (χ1v) is 6.13. The fourth-order valence-corrected chi connectivity index (χ4v) is 2.56. The van der Waals surface area contributed by atoms with Crippen LogP contribution in [0.4, 0.5) is 0 Å². The van der Waals surface area contributed by atoms with Crippen LogP contribution in [0.5, 0.6) is 0 Å². The summed E-state index contributed by atoms with van der Waals surface area (Å²) < 4.78 is 5.39. The second-order valence-corrected chi connectivity index (χ2v) is 4.61. The number of likely N-dealkylation sites (tertiary alicyclic amines) is 1. The molecular formula is C13H21NO. The maximum atomic E-state index is 5.39. The molecule has 2 rings (SSSR count). The van der Waals surface area contributed by atoms with Crippen LogP contribution in [0, 0.1) is 5.92 Å². The molecule has 2 nitrogen and oxygen atoms in total. The molecule has 2 heterocycles. The smallest absolute Gasteiger partial charge is 0.117 e. The molecule has 1 unspecified atom stereocenters. The number of furan rings is 1. The molecule has 1 aliphatic rings. The van der Waals surface area contributed by atoms with Crippen LogP contribution in [-0.4, -0.2) is 18.0 Å². The van der Waals surface area contributed by atoms with E-state index in [1.165, 1.54) is 38.8 Å². The van der Waals surface area contributed by atoms with Gasteiger partial charge < -0.3 is 4.42 Å². The van der Waals surface area contributed by atoms with Crippen molar-refractivity contribution in [2.75, 3.05) is 13.1 Å². The van der Waals surface area contributed by atoms with Crippen molar-refractivity contribution in [2.45, 2.75) is 39.2 Å². The summed E-state index contributed by atoms with van der Waals surface area (Å²) in [6, 6.07) is 4.05. The average molecular weight is 207 g/mol. The first-order chi connectivity index (χ1) is 7.38. The number of rotatable bonds is 4. The molecule has 0 aliphatic carbocycles. The second kappa shape index (κ2) is 5.36. The Kier molecular flexibility index (Phi) is 3.84. The maximum absolute atomic E-state index is 5.39. The second-order valence-electron chi connectivity index (χ2n) is 4.61. The van der Waals surface area contributed by atoms with E-state index >= 15 is 0 Å². The predicted molar refractivity (Wildman–Crippen MR) is 61.6 cm³/mol. The highest BCUT2D eigenvalue weighted by atomic mass is 16.3. The summed E-state index contributed by atoms with van der Waals surface area (Å²) in [5.74, 6) is 2.02. The van der Waals surface area contributed by atoms with E-state index in [4.69, 9.17) is 4.42 Å². The van der Waals surface area contributed by atoms with Crippen molar-refractivity contribution in [3.63, 3.8) is 0 Å². The molecule has 84 valence electrons. The van der Waals surface area contributed by atoms with Crippen molar-refractivity contribution in [1.29, 1.82) is 0 Å². The van der Waals surface area contributed by atoms with Crippen molar-refractivity contribution >= 4 is 0 Å². The van der Waals surface area contributed by atoms with Crippen molar-refractivity contribution < 1.29 is 4.42 Å². The first-order valence-electron chi connectivity index (χ1n) is 6.13. The fourth-order valence-electron chi connectivity index (χ4n) is 2.56. The van der Waals surface area contributed by atoms with Crippen LogP contribution in [0.1, 0.15) is 38.4 Å². The van der Waals surface area contributed by atoms with E-state index in [1.54, 1.807) is 6.26 Å². The molecule has 1 aliphatic heterocycles. The molecule has 1 aromatic heterocycles. The monoisotopic (exact) mass is 207 g/mol. The molecule has 0 spiro atoms. The van der Waals surface area contributed by atoms with Crippen molar-refractivity contribution in [1.82, 2.24) is 4.90 Å². The van der Waals surface area contributed by atoms with E-state index in [1.807, 2.05) is 6.07 Å². The van der Waals surface area contributed by atoms with Crippen molar-refractivity contribution in [3.8, 4) is 0 Å². The zero-order chi connectivity index (χ0) is 10.5. The largest absolute Gasteiger partial charge is 0.468 e. The Hall–Kier alpha value is -0.760. The highest BCUT2D eigenvalue weighted by Crippen LogP contribution is 2.22. The topological polar surface area (TPSA) is 16.4 Å². The molecule has 2 heteroatoms. The van der Waals surface area contributed by atoms with Gasteiger partial charge in [-0.3, -0.25) is 4.90 Å². The lowest BCUT2D eigenvalue weighted by molar-refractivity contribution is 0.151. The summed E-state index contributed by atoms with van der Waals surface area (Å²) in [6.07, 6.45) is 7.24.